The molecule has 3 heterocycles. The van der Waals surface area contributed by atoms with E-state index >= 15 is 0 Å². The number of methoxy groups -OCH3 is 1. The van der Waals surface area contributed by atoms with E-state index in [-0.39, 0.29) is 0 Å². The minimum atomic E-state index is -0.654. The largest absolute Gasteiger partial charge is 0.466 e. The number of halogens is 2. The first kappa shape index (κ1) is 22.8. The minimum absolute atomic E-state index is 0.356. The molecule has 0 spiro atoms. The van der Waals surface area contributed by atoms with E-state index in [4.69, 9.17) is 27.9 Å². The Labute approximate surface area is 212 Å². The number of rotatable bonds is 6. The van der Waals surface area contributed by atoms with Crippen LogP contribution in [0.15, 0.2) is 64.1 Å². The van der Waals surface area contributed by atoms with Crippen LogP contribution in [0.25, 0.3) is 10.6 Å². The lowest BCUT2D eigenvalue weighted by molar-refractivity contribution is -0.136. The molecule has 0 amide bonds. The molecule has 1 atom stereocenters. The van der Waals surface area contributed by atoms with Crippen LogP contribution in [0.5, 0.6) is 0 Å². The van der Waals surface area contributed by atoms with Gasteiger partial charge in [-0.2, -0.15) is 4.68 Å². The highest BCUT2D eigenvalue weighted by Gasteiger charge is 2.36. The van der Waals surface area contributed by atoms with E-state index in [0.717, 1.165) is 14.9 Å². The molecule has 13 heteroatoms. The standard InChI is InChI=1S/C21H15Cl2N7O2S2/c1-32-19(31)16-15(10-33-21-27-25-18(34-21)11-5-3-2-4-6-11)24-20-26-28-29-30(20)17(16)12-7-8-13(22)14(23)9-12/h2-9,17H,10H2,1H3,(H,24,26,29). The maximum Gasteiger partial charge on any atom is 0.338 e. The summed E-state index contributed by atoms with van der Waals surface area (Å²) < 4.78 is 7.39. The number of anilines is 1. The van der Waals surface area contributed by atoms with Gasteiger partial charge in [0.2, 0.25) is 5.95 Å². The molecule has 0 saturated heterocycles. The second-order valence-electron chi connectivity index (χ2n) is 7.06. The van der Waals surface area contributed by atoms with E-state index in [2.05, 4.69) is 31.0 Å². The number of hydrogen-bond acceptors (Lipinski definition) is 10. The summed E-state index contributed by atoms with van der Waals surface area (Å²) in [5, 5.41) is 25.2. The molecule has 1 aliphatic rings. The third kappa shape index (κ3) is 4.39. The predicted octanol–water partition coefficient (Wildman–Crippen LogP) is 4.73. The summed E-state index contributed by atoms with van der Waals surface area (Å²) in [6.45, 7) is 0. The van der Waals surface area contributed by atoms with E-state index in [0.29, 0.717) is 38.6 Å². The lowest BCUT2D eigenvalue weighted by Crippen LogP contribution is -2.31. The van der Waals surface area contributed by atoms with E-state index in [1.165, 1.54) is 34.9 Å². The van der Waals surface area contributed by atoms with Crippen LogP contribution >= 0.6 is 46.3 Å². The number of nitrogens with zero attached hydrogens (tertiary/aromatic N) is 6. The molecular formula is C21H15Cl2N7O2S2. The van der Waals surface area contributed by atoms with Crippen molar-refractivity contribution in [2.24, 2.45) is 0 Å². The first-order valence-electron chi connectivity index (χ1n) is 9.88. The third-order valence-electron chi connectivity index (χ3n) is 5.03. The van der Waals surface area contributed by atoms with Crippen molar-refractivity contribution in [3.05, 3.63) is 75.4 Å². The van der Waals surface area contributed by atoms with Crippen molar-refractivity contribution in [1.29, 1.82) is 0 Å². The van der Waals surface area contributed by atoms with Crippen molar-refractivity contribution in [1.82, 2.24) is 30.4 Å². The van der Waals surface area contributed by atoms with Crippen molar-refractivity contribution < 1.29 is 9.53 Å². The van der Waals surface area contributed by atoms with Crippen molar-refractivity contribution in [2.75, 3.05) is 18.2 Å². The molecule has 0 saturated carbocycles. The smallest absolute Gasteiger partial charge is 0.338 e. The molecule has 1 unspecified atom stereocenters. The fourth-order valence-electron chi connectivity index (χ4n) is 3.49. The second-order valence-corrected chi connectivity index (χ2v) is 10.1. The minimum Gasteiger partial charge on any atom is -0.466 e. The second kappa shape index (κ2) is 9.71. The van der Waals surface area contributed by atoms with Crippen molar-refractivity contribution in [3.8, 4) is 10.6 Å². The summed E-state index contributed by atoms with van der Waals surface area (Å²) >= 11 is 15.3. The van der Waals surface area contributed by atoms with E-state index < -0.39 is 12.0 Å². The lowest BCUT2D eigenvalue weighted by Gasteiger charge is -2.28. The number of carbonyl (C=O) groups is 1. The van der Waals surface area contributed by atoms with Crippen LogP contribution in [0.4, 0.5) is 5.95 Å². The summed E-state index contributed by atoms with van der Waals surface area (Å²) in [7, 11) is 1.33. The number of nitrogens with one attached hydrogen (secondary N) is 1. The zero-order chi connectivity index (χ0) is 23.7. The van der Waals surface area contributed by atoms with Gasteiger partial charge in [0.25, 0.3) is 0 Å². The Morgan fingerprint density at radius 1 is 1.15 bits per heavy atom. The van der Waals surface area contributed by atoms with Crippen molar-refractivity contribution in [3.63, 3.8) is 0 Å². The van der Waals surface area contributed by atoms with E-state index in [9.17, 15) is 4.79 Å². The third-order valence-corrected chi connectivity index (χ3v) is 7.90. The Morgan fingerprint density at radius 3 is 2.74 bits per heavy atom. The zero-order valence-electron chi connectivity index (χ0n) is 17.5. The van der Waals surface area contributed by atoms with Crippen LogP contribution in [0, 0.1) is 0 Å². The molecule has 2 aromatic carbocycles. The van der Waals surface area contributed by atoms with Crippen LogP contribution in [-0.4, -0.2) is 49.2 Å². The van der Waals surface area contributed by atoms with Gasteiger partial charge in [-0.1, -0.05) is 87.8 Å². The number of thioether (sulfide) groups is 1. The van der Waals surface area contributed by atoms with Gasteiger partial charge in [0.05, 0.1) is 22.7 Å². The molecule has 0 radical (unpaired) electrons. The summed E-state index contributed by atoms with van der Waals surface area (Å²) in [6, 6.07) is 14.3. The molecule has 5 rings (SSSR count). The number of carbonyl (C=O) groups excluding carboxylic acids is 1. The van der Waals surface area contributed by atoms with E-state index in [1.54, 1.807) is 18.2 Å². The van der Waals surface area contributed by atoms with Gasteiger partial charge in [-0.15, -0.1) is 10.2 Å². The first-order chi connectivity index (χ1) is 16.5. The fraction of sp³-hybridized carbons (Fsp3) is 0.143. The van der Waals surface area contributed by atoms with Crippen LogP contribution in [-0.2, 0) is 9.53 Å². The predicted molar refractivity (Wildman–Crippen MR) is 131 cm³/mol. The summed E-state index contributed by atoms with van der Waals surface area (Å²) in [5.41, 5.74) is 2.65. The maximum absolute atomic E-state index is 12.9. The normalized spacial score (nSPS) is 15.1. The number of aromatic nitrogens is 6. The average molecular weight is 532 g/mol. The van der Waals surface area contributed by atoms with Crippen molar-refractivity contribution in [2.45, 2.75) is 10.4 Å². The highest BCUT2D eigenvalue weighted by atomic mass is 35.5. The lowest BCUT2D eigenvalue weighted by atomic mass is 9.96. The summed E-state index contributed by atoms with van der Waals surface area (Å²) in [6.07, 6.45) is 0. The maximum atomic E-state index is 12.9. The van der Waals surface area contributed by atoms with Crippen molar-refractivity contribution >= 4 is 58.2 Å². The highest BCUT2D eigenvalue weighted by Crippen LogP contribution is 2.39. The number of tetrazole rings is 1. The number of fused-ring (bicyclic) bond motifs is 1. The number of benzene rings is 2. The average Bonchev–Trinajstić information content (AvgIpc) is 3.53. The zero-order valence-corrected chi connectivity index (χ0v) is 20.6. The van der Waals surface area contributed by atoms with Crippen LogP contribution < -0.4 is 5.32 Å². The SMILES string of the molecule is COC(=O)C1=C(CSc2nnc(-c3ccccc3)s2)Nc2nnnn2C1c1ccc(Cl)c(Cl)c1. The Bertz CT molecular complexity index is 1390. The molecule has 1 N–H and O–H groups in total. The van der Waals surface area contributed by atoms with Gasteiger partial charge in [-0.25, -0.2) is 4.79 Å². The Morgan fingerprint density at radius 2 is 1.97 bits per heavy atom. The fourth-order valence-corrected chi connectivity index (χ4v) is 5.62. The van der Waals surface area contributed by atoms with Crippen LogP contribution in [0.1, 0.15) is 11.6 Å². The topological polar surface area (TPSA) is 108 Å². The van der Waals surface area contributed by atoms with Gasteiger partial charge in [0.15, 0.2) is 4.34 Å². The molecule has 0 fully saturated rings. The van der Waals surface area contributed by atoms with Gasteiger partial charge >= 0.3 is 5.97 Å². The molecule has 34 heavy (non-hydrogen) atoms. The first-order valence-corrected chi connectivity index (χ1v) is 12.4. The van der Waals surface area contributed by atoms with Gasteiger partial charge in [0.1, 0.15) is 11.0 Å². The van der Waals surface area contributed by atoms with Crippen LogP contribution in [0.3, 0.4) is 0 Å². The molecule has 172 valence electrons. The van der Waals surface area contributed by atoms with Gasteiger partial charge in [-0.3, -0.25) is 0 Å². The Kier molecular flexibility index (Phi) is 6.50. The van der Waals surface area contributed by atoms with Gasteiger partial charge in [-0.05, 0) is 28.1 Å². The Hall–Kier alpha value is -2.99. The quantitative estimate of drug-likeness (QED) is 0.279. The molecule has 2 aromatic heterocycles. The van der Waals surface area contributed by atoms with Gasteiger partial charge in [0, 0.05) is 17.0 Å². The molecule has 1 aliphatic heterocycles. The summed E-state index contributed by atoms with van der Waals surface area (Å²) in [4.78, 5) is 12.9. The van der Waals surface area contributed by atoms with E-state index in [1.807, 2.05) is 30.3 Å². The molecule has 0 bridgehead atoms. The number of esters is 1. The number of hydrogen-bond donors (Lipinski definition) is 1. The molecule has 9 nitrogen and oxygen atoms in total. The molecule has 0 aliphatic carbocycles. The van der Waals surface area contributed by atoms with Crippen LogP contribution in [0.2, 0.25) is 10.0 Å². The molecular weight excluding hydrogens is 517 g/mol. The highest BCUT2D eigenvalue weighted by molar-refractivity contribution is 8.01. The monoisotopic (exact) mass is 531 g/mol. The number of ether oxygens (including phenoxy) is 1. The summed E-state index contributed by atoms with van der Waals surface area (Å²) in [5.74, 6) is 0.266. The van der Waals surface area contributed by atoms with Gasteiger partial charge < -0.3 is 10.1 Å². The molecule has 4 aromatic rings. The Balaban J connectivity index is 1.50.